The Balaban J connectivity index is 1.56. The van der Waals surface area contributed by atoms with Crippen LogP contribution in [0.1, 0.15) is 92.9 Å². The zero-order chi connectivity index (χ0) is 23.5. The average Bonchev–Trinajstić information content (AvgIpc) is 3.07. The molecular weight excluding hydrogens is 396 g/mol. The molecule has 3 nitrogen and oxygen atoms in total. The molecule has 0 heterocycles. The quantitative estimate of drug-likeness (QED) is 0.464. The van der Waals surface area contributed by atoms with Crippen LogP contribution in [0.4, 0.5) is 0 Å². The molecule has 0 aromatic rings. The molecule has 4 aliphatic carbocycles. The van der Waals surface area contributed by atoms with Crippen LogP contribution in [-0.2, 0) is 0 Å². The van der Waals surface area contributed by atoms with E-state index in [2.05, 4.69) is 53.7 Å². The van der Waals surface area contributed by atoms with Crippen molar-refractivity contribution in [3.8, 4) is 0 Å². The summed E-state index contributed by atoms with van der Waals surface area (Å²) in [7, 11) is 0. The molecule has 0 saturated heterocycles. The summed E-state index contributed by atoms with van der Waals surface area (Å²) in [5.41, 5.74) is 0.165. The molecule has 3 heteroatoms. The van der Waals surface area contributed by atoms with Gasteiger partial charge in [0.15, 0.2) is 0 Å². The lowest BCUT2D eigenvalue weighted by Gasteiger charge is -2.62. The van der Waals surface area contributed by atoms with Crippen molar-refractivity contribution < 1.29 is 15.3 Å². The maximum atomic E-state index is 11.6. The topological polar surface area (TPSA) is 60.7 Å². The van der Waals surface area contributed by atoms with Crippen LogP contribution >= 0.6 is 0 Å². The summed E-state index contributed by atoms with van der Waals surface area (Å²) in [5, 5.41) is 33.0. The molecule has 0 radical (unpaired) electrons. The number of aliphatic hydroxyl groups excluding tert-OH is 2. The number of hydrogen-bond donors (Lipinski definition) is 3. The number of rotatable bonds is 5. The maximum absolute atomic E-state index is 11.6. The van der Waals surface area contributed by atoms with Gasteiger partial charge in [0.1, 0.15) is 11.7 Å². The monoisotopic (exact) mass is 444 g/mol. The second kappa shape index (κ2) is 8.54. The van der Waals surface area contributed by atoms with Crippen molar-refractivity contribution in [2.45, 2.75) is 111 Å². The predicted octanol–water partition coefficient (Wildman–Crippen LogP) is 5.89. The smallest absolute Gasteiger partial charge is 0.102 e. The van der Waals surface area contributed by atoms with E-state index in [9.17, 15) is 15.3 Å². The molecule has 0 spiro atoms. The van der Waals surface area contributed by atoms with E-state index in [0.29, 0.717) is 30.1 Å². The molecule has 4 rings (SSSR count). The van der Waals surface area contributed by atoms with Gasteiger partial charge >= 0.3 is 0 Å². The van der Waals surface area contributed by atoms with Gasteiger partial charge in [0, 0.05) is 11.8 Å². The summed E-state index contributed by atoms with van der Waals surface area (Å²) in [4.78, 5) is 0. The molecule has 3 N–H and O–H groups in total. The van der Waals surface area contributed by atoms with Crippen molar-refractivity contribution in [2.24, 2.45) is 46.3 Å². The van der Waals surface area contributed by atoms with Crippen LogP contribution in [0.5, 0.6) is 0 Å². The Morgan fingerprint density at radius 1 is 1.00 bits per heavy atom. The van der Waals surface area contributed by atoms with Crippen LogP contribution in [0.15, 0.2) is 23.8 Å². The van der Waals surface area contributed by atoms with Crippen molar-refractivity contribution in [3.05, 3.63) is 23.8 Å². The first-order valence-corrected chi connectivity index (χ1v) is 13.4. The Kier molecular flexibility index (Phi) is 6.53. The molecule has 0 amide bonds. The Labute approximate surface area is 196 Å². The van der Waals surface area contributed by atoms with E-state index < -0.39 is 17.8 Å². The molecule has 182 valence electrons. The zero-order valence-electron chi connectivity index (χ0n) is 21.3. The molecule has 0 aromatic heterocycles. The van der Waals surface area contributed by atoms with Crippen molar-refractivity contribution in [2.75, 3.05) is 0 Å². The first-order valence-electron chi connectivity index (χ1n) is 13.4. The van der Waals surface area contributed by atoms with Gasteiger partial charge in [-0.15, -0.1) is 0 Å². The standard InChI is InChI=1S/C29H48O3/c1-18(2)19(3)8-7-9-20(4)23-10-11-24-22-16-26(31)29(32)17-21(30)12-15-28(29,6)25(22)13-14-27(23,24)5/h7,9,16,18-21,23-26,30-32H,8,10-15,17H2,1-6H3/b9-7+/t19?,20-,21+,23-,24+,25+,26-,27-,28-,29+/m1/s1. The van der Waals surface area contributed by atoms with Crippen molar-refractivity contribution in [1.82, 2.24) is 0 Å². The van der Waals surface area contributed by atoms with Gasteiger partial charge < -0.3 is 15.3 Å². The molecule has 3 fully saturated rings. The second-order valence-corrected chi connectivity index (χ2v) is 12.9. The Morgan fingerprint density at radius 3 is 2.41 bits per heavy atom. The fourth-order valence-corrected chi connectivity index (χ4v) is 8.36. The third-order valence-corrected chi connectivity index (χ3v) is 11.0. The summed E-state index contributed by atoms with van der Waals surface area (Å²) in [6, 6.07) is 0. The highest BCUT2D eigenvalue weighted by Crippen LogP contribution is 2.67. The van der Waals surface area contributed by atoms with E-state index in [4.69, 9.17) is 0 Å². The lowest BCUT2D eigenvalue weighted by molar-refractivity contribution is -0.210. The Bertz CT molecular complexity index is 756. The van der Waals surface area contributed by atoms with Crippen LogP contribution in [0, 0.1) is 46.3 Å². The number of allylic oxidation sites excluding steroid dienone is 3. The van der Waals surface area contributed by atoms with Crippen LogP contribution in [0.3, 0.4) is 0 Å². The summed E-state index contributed by atoms with van der Waals surface area (Å²) in [6.07, 6.45) is 13.3. The fraction of sp³-hybridized carbons (Fsp3) is 0.862. The van der Waals surface area contributed by atoms with Crippen LogP contribution in [0.25, 0.3) is 0 Å². The lowest BCUT2D eigenvalue weighted by Crippen LogP contribution is -2.65. The van der Waals surface area contributed by atoms with Crippen LogP contribution in [0.2, 0.25) is 0 Å². The minimum absolute atomic E-state index is 0.273. The molecule has 0 aromatic carbocycles. The number of fused-ring (bicyclic) bond motifs is 5. The van der Waals surface area contributed by atoms with Crippen LogP contribution < -0.4 is 0 Å². The highest BCUT2D eigenvalue weighted by atomic mass is 16.3. The normalized spacial score (nSPS) is 48.2. The number of hydrogen-bond acceptors (Lipinski definition) is 3. The first-order chi connectivity index (χ1) is 14.9. The largest absolute Gasteiger partial charge is 0.393 e. The molecule has 10 atom stereocenters. The predicted molar refractivity (Wildman–Crippen MR) is 131 cm³/mol. The van der Waals surface area contributed by atoms with E-state index in [1.165, 1.54) is 24.8 Å². The van der Waals surface area contributed by atoms with E-state index in [1.54, 1.807) is 0 Å². The molecule has 3 saturated carbocycles. The highest BCUT2D eigenvalue weighted by molar-refractivity contribution is 5.33. The van der Waals surface area contributed by atoms with E-state index >= 15 is 0 Å². The summed E-state index contributed by atoms with van der Waals surface area (Å²) >= 11 is 0. The van der Waals surface area contributed by atoms with Gasteiger partial charge in [-0.05, 0) is 85.9 Å². The van der Waals surface area contributed by atoms with Gasteiger partial charge in [0.2, 0.25) is 0 Å². The van der Waals surface area contributed by atoms with Gasteiger partial charge in [-0.2, -0.15) is 0 Å². The third kappa shape index (κ3) is 3.66. The second-order valence-electron chi connectivity index (χ2n) is 12.9. The minimum Gasteiger partial charge on any atom is -0.393 e. The van der Waals surface area contributed by atoms with Crippen molar-refractivity contribution in [1.29, 1.82) is 0 Å². The zero-order valence-corrected chi connectivity index (χ0v) is 21.3. The first kappa shape index (κ1) is 24.5. The van der Waals surface area contributed by atoms with Gasteiger partial charge in [-0.1, -0.05) is 65.3 Å². The average molecular weight is 445 g/mol. The molecular formula is C29H48O3. The highest BCUT2D eigenvalue weighted by Gasteiger charge is 2.64. The number of aliphatic hydroxyl groups is 3. The van der Waals surface area contributed by atoms with E-state index in [0.717, 1.165) is 37.5 Å². The summed E-state index contributed by atoms with van der Waals surface area (Å²) in [6.45, 7) is 14.1. The molecule has 0 aliphatic heterocycles. The van der Waals surface area contributed by atoms with E-state index in [-0.39, 0.29) is 10.8 Å². The lowest BCUT2D eigenvalue weighted by atomic mass is 9.45. The van der Waals surface area contributed by atoms with Gasteiger partial charge in [-0.25, -0.2) is 0 Å². The fourth-order valence-electron chi connectivity index (χ4n) is 8.36. The molecule has 0 bridgehead atoms. The SMILES string of the molecule is CC(C)C(C)C/C=C/[C@@H](C)[C@H]1CC[C@H]2C3=C[C@@H](O)[C@@]4(O)C[C@@H](O)CC[C@]4(C)[C@H]3CC[C@]12C. The summed E-state index contributed by atoms with van der Waals surface area (Å²) in [5.74, 6) is 3.55. The minimum atomic E-state index is -1.20. The molecule has 4 aliphatic rings. The van der Waals surface area contributed by atoms with Crippen LogP contribution in [-0.4, -0.2) is 33.1 Å². The summed E-state index contributed by atoms with van der Waals surface area (Å²) < 4.78 is 0. The van der Waals surface area contributed by atoms with Crippen molar-refractivity contribution in [3.63, 3.8) is 0 Å². The molecule has 32 heavy (non-hydrogen) atoms. The van der Waals surface area contributed by atoms with Gasteiger partial charge in [0.05, 0.1) is 6.10 Å². The van der Waals surface area contributed by atoms with Gasteiger partial charge in [0.25, 0.3) is 0 Å². The Hall–Kier alpha value is -0.640. The van der Waals surface area contributed by atoms with E-state index in [1.807, 2.05) is 6.08 Å². The Morgan fingerprint density at radius 2 is 1.72 bits per heavy atom. The van der Waals surface area contributed by atoms with Gasteiger partial charge in [-0.3, -0.25) is 0 Å². The third-order valence-electron chi connectivity index (χ3n) is 11.0. The maximum Gasteiger partial charge on any atom is 0.102 e. The molecule has 1 unspecified atom stereocenters. The van der Waals surface area contributed by atoms with Crippen molar-refractivity contribution >= 4 is 0 Å².